The molecule has 5 rings (SSSR count). The number of carbonyl (C=O) groups is 1. The van der Waals surface area contributed by atoms with Gasteiger partial charge in [-0.05, 0) is 50.7 Å². The van der Waals surface area contributed by atoms with E-state index in [1.807, 2.05) is 35.4 Å². The van der Waals surface area contributed by atoms with Crippen molar-refractivity contribution in [2.75, 3.05) is 61.4 Å². The molecule has 12 heteroatoms. The molecule has 2 saturated heterocycles. The van der Waals surface area contributed by atoms with E-state index in [4.69, 9.17) is 11.6 Å². The van der Waals surface area contributed by atoms with Crippen molar-refractivity contribution in [1.82, 2.24) is 25.2 Å². The molecule has 3 aromatic rings. The summed E-state index contributed by atoms with van der Waals surface area (Å²) in [6.45, 7) is 7.22. The molecule has 1 atom stereocenters. The molecule has 1 amide bonds. The topological polar surface area (TPSA) is 113 Å². The monoisotopic (exact) mass is 563 g/mol. The number of nitriles is 1. The molecular formula is C27H30ClN9OS. The summed E-state index contributed by atoms with van der Waals surface area (Å²) < 4.78 is 0. The fourth-order valence-electron chi connectivity index (χ4n) is 4.63. The minimum absolute atomic E-state index is 0.0352. The molecule has 2 fully saturated rings. The van der Waals surface area contributed by atoms with E-state index in [9.17, 15) is 10.1 Å². The van der Waals surface area contributed by atoms with Gasteiger partial charge in [-0.15, -0.1) is 11.3 Å². The molecule has 2 aliphatic rings. The van der Waals surface area contributed by atoms with Gasteiger partial charge in [0, 0.05) is 67.8 Å². The van der Waals surface area contributed by atoms with E-state index < -0.39 is 5.91 Å². The Morgan fingerprint density at radius 2 is 1.92 bits per heavy atom. The number of likely N-dealkylation sites (N-methyl/N-ethyl adjacent to an activating group) is 1. The normalized spacial score (nSPS) is 18.2. The average molecular weight is 564 g/mol. The van der Waals surface area contributed by atoms with E-state index in [-0.39, 0.29) is 11.6 Å². The van der Waals surface area contributed by atoms with Crippen molar-refractivity contribution in [2.24, 2.45) is 0 Å². The summed E-state index contributed by atoms with van der Waals surface area (Å²) in [4.78, 5) is 32.8. The number of anilines is 4. The van der Waals surface area contributed by atoms with Crippen molar-refractivity contribution >= 4 is 58.1 Å². The molecule has 2 N–H and O–H groups in total. The lowest BCUT2D eigenvalue weighted by atomic mass is 10.2. The van der Waals surface area contributed by atoms with Gasteiger partial charge < -0.3 is 25.3 Å². The summed E-state index contributed by atoms with van der Waals surface area (Å²) in [5.74, 6) is 0.644. The summed E-state index contributed by atoms with van der Waals surface area (Å²) in [7, 11) is 2.15. The average Bonchev–Trinajstić information content (AvgIpc) is 3.57. The Hall–Kier alpha value is -3.72. The lowest BCUT2D eigenvalue weighted by Gasteiger charge is -2.34. The van der Waals surface area contributed by atoms with Gasteiger partial charge in [0.2, 0.25) is 5.95 Å². The minimum atomic E-state index is -0.409. The van der Waals surface area contributed by atoms with Gasteiger partial charge in [0.05, 0.1) is 6.20 Å². The Balaban J connectivity index is 1.20. The van der Waals surface area contributed by atoms with Crippen LogP contribution < -0.4 is 20.4 Å². The van der Waals surface area contributed by atoms with E-state index in [0.29, 0.717) is 41.3 Å². The number of aromatic nitrogens is 3. The van der Waals surface area contributed by atoms with Crippen LogP contribution in [0.4, 0.5) is 23.1 Å². The standard InChI is InChI=1S/C27H30ClN9OS/c1-18-17-39-24(31-18)13-19(14-29)26(38)32-21-7-8-37(16-21)25-23(28)15-30-27(34-25)33-20-3-5-22(6-4-20)36-11-9-35(2)10-12-36/h3-6,13,15,17,21H,7-12,16H2,1-2H3,(H,32,38)(H,30,33,34)/b19-13+/t21-/m1/s1. The SMILES string of the molecule is Cc1csc(/C=C(\C#N)C(=O)N[C@@H]2CCN(c3nc(Nc4ccc(N5CCN(C)CC5)cc4)ncc3Cl)C2)n1. The molecule has 0 spiro atoms. The summed E-state index contributed by atoms with van der Waals surface area (Å²) in [5, 5.41) is 18.7. The number of halogens is 1. The highest BCUT2D eigenvalue weighted by atomic mass is 35.5. The molecule has 0 bridgehead atoms. The second-order valence-corrected chi connectivity index (χ2v) is 11.0. The van der Waals surface area contributed by atoms with Crippen molar-refractivity contribution in [3.8, 4) is 6.07 Å². The highest BCUT2D eigenvalue weighted by Gasteiger charge is 2.27. The van der Waals surface area contributed by atoms with Crippen molar-refractivity contribution in [3.05, 3.63) is 57.1 Å². The number of aryl methyl sites for hydroxylation is 1. The summed E-state index contributed by atoms with van der Waals surface area (Å²) in [6.07, 6.45) is 3.82. The van der Waals surface area contributed by atoms with Crippen LogP contribution in [0.1, 0.15) is 17.1 Å². The highest BCUT2D eigenvalue weighted by molar-refractivity contribution is 7.10. The van der Waals surface area contributed by atoms with E-state index in [1.54, 1.807) is 6.20 Å². The van der Waals surface area contributed by atoms with Crippen molar-refractivity contribution < 1.29 is 4.79 Å². The summed E-state index contributed by atoms with van der Waals surface area (Å²) >= 11 is 7.86. The number of nitrogens with zero attached hydrogens (tertiary/aromatic N) is 7. The fourth-order valence-corrected chi connectivity index (χ4v) is 5.57. The molecule has 0 unspecified atom stereocenters. The molecule has 0 saturated carbocycles. The molecule has 1 aromatic carbocycles. The number of hydrogen-bond acceptors (Lipinski definition) is 10. The van der Waals surface area contributed by atoms with Gasteiger partial charge in [0.1, 0.15) is 21.7 Å². The van der Waals surface area contributed by atoms with E-state index >= 15 is 0 Å². The first kappa shape index (κ1) is 26.9. The quantitative estimate of drug-likeness (QED) is 0.328. The third-order valence-corrected chi connectivity index (χ3v) is 7.99. The lowest BCUT2D eigenvalue weighted by Crippen LogP contribution is -2.44. The predicted octanol–water partition coefficient (Wildman–Crippen LogP) is 3.69. The number of nitrogens with one attached hydrogen (secondary N) is 2. The summed E-state index contributed by atoms with van der Waals surface area (Å²) in [6, 6.07) is 10.1. The molecule has 2 aromatic heterocycles. The van der Waals surface area contributed by atoms with Crippen LogP contribution in [0.3, 0.4) is 0 Å². The zero-order chi connectivity index (χ0) is 27.4. The Labute approximate surface area is 236 Å². The van der Waals surface area contributed by atoms with Gasteiger partial charge in [0.15, 0.2) is 5.82 Å². The zero-order valence-electron chi connectivity index (χ0n) is 21.9. The smallest absolute Gasteiger partial charge is 0.262 e. The second kappa shape index (κ2) is 12.0. The van der Waals surface area contributed by atoms with E-state index in [2.05, 4.69) is 54.6 Å². The molecule has 4 heterocycles. The first-order chi connectivity index (χ1) is 18.9. The number of amides is 1. The van der Waals surface area contributed by atoms with E-state index in [1.165, 1.54) is 23.1 Å². The fraction of sp³-hybridized carbons (Fsp3) is 0.370. The zero-order valence-corrected chi connectivity index (χ0v) is 23.5. The molecular weight excluding hydrogens is 534 g/mol. The number of rotatable bonds is 7. The Kier molecular flexibility index (Phi) is 8.26. The van der Waals surface area contributed by atoms with Crippen molar-refractivity contribution in [1.29, 1.82) is 5.26 Å². The first-order valence-corrected chi connectivity index (χ1v) is 14.1. The second-order valence-electron chi connectivity index (χ2n) is 9.73. The molecule has 39 heavy (non-hydrogen) atoms. The Morgan fingerprint density at radius 1 is 1.15 bits per heavy atom. The van der Waals surface area contributed by atoms with Crippen LogP contribution in [0.15, 0.2) is 41.4 Å². The third kappa shape index (κ3) is 6.65. The van der Waals surface area contributed by atoms with Crippen LogP contribution in [0.5, 0.6) is 0 Å². The Morgan fingerprint density at radius 3 is 2.62 bits per heavy atom. The number of carbonyl (C=O) groups excluding carboxylic acids is 1. The molecule has 2 aliphatic heterocycles. The van der Waals surface area contributed by atoms with Gasteiger partial charge in [-0.3, -0.25) is 4.79 Å². The van der Waals surface area contributed by atoms with Crippen LogP contribution in [-0.4, -0.2) is 78.1 Å². The van der Waals surface area contributed by atoms with Crippen molar-refractivity contribution in [3.63, 3.8) is 0 Å². The lowest BCUT2D eigenvalue weighted by molar-refractivity contribution is -0.117. The maximum atomic E-state index is 12.7. The third-order valence-electron chi connectivity index (χ3n) is 6.81. The Bertz CT molecular complexity index is 1390. The molecule has 0 aliphatic carbocycles. The highest BCUT2D eigenvalue weighted by Crippen LogP contribution is 2.28. The maximum Gasteiger partial charge on any atom is 0.262 e. The van der Waals surface area contributed by atoms with Crippen LogP contribution in [0, 0.1) is 18.3 Å². The maximum absolute atomic E-state index is 12.7. The van der Waals surface area contributed by atoms with Crippen molar-refractivity contribution in [2.45, 2.75) is 19.4 Å². The number of thiazole rings is 1. The van der Waals surface area contributed by atoms with Crippen LogP contribution >= 0.6 is 22.9 Å². The van der Waals surface area contributed by atoms with Gasteiger partial charge in [-0.2, -0.15) is 10.2 Å². The van der Waals surface area contributed by atoms with Gasteiger partial charge in [-0.1, -0.05) is 11.6 Å². The number of hydrogen-bond donors (Lipinski definition) is 2. The largest absolute Gasteiger partial charge is 0.369 e. The molecule has 202 valence electrons. The first-order valence-electron chi connectivity index (χ1n) is 12.8. The molecule has 10 nitrogen and oxygen atoms in total. The van der Waals surface area contributed by atoms with Crippen LogP contribution in [0.2, 0.25) is 5.02 Å². The predicted molar refractivity (Wildman–Crippen MR) is 156 cm³/mol. The number of piperazine rings is 1. The molecule has 0 radical (unpaired) electrons. The van der Waals surface area contributed by atoms with Crippen LogP contribution in [-0.2, 0) is 4.79 Å². The minimum Gasteiger partial charge on any atom is -0.369 e. The van der Waals surface area contributed by atoms with Gasteiger partial charge in [0.25, 0.3) is 5.91 Å². The number of benzene rings is 1. The van der Waals surface area contributed by atoms with Gasteiger partial charge in [-0.25, -0.2) is 9.97 Å². The van der Waals surface area contributed by atoms with Crippen LogP contribution in [0.25, 0.3) is 6.08 Å². The summed E-state index contributed by atoms with van der Waals surface area (Å²) in [5.41, 5.74) is 2.98. The van der Waals surface area contributed by atoms with E-state index in [0.717, 1.165) is 37.6 Å². The van der Waals surface area contributed by atoms with Gasteiger partial charge >= 0.3 is 0 Å².